The molecule has 3 N–H and O–H groups in total. The predicted molar refractivity (Wildman–Crippen MR) is 189 cm³/mol. The molecule has 1 fully saturated rings. The molecule has 6 rings (SSSR count). The van der Waals surface area contributed by atoms with Crippen molar-refractivity contribution in [2.24, 2.45) is 0 Å². The van der Waals surface area contributed by atoms with Gasteiger partial charge in [-0.3, -0.25) is 4.57 Å². The number of nitrogens with one attached hydrogen (secondary N) is 3. The first kappa shape index (κ1) is 36.4. The molecule has 0 aliphatic heterocycles. The maximum atomic E-state index is 14.1. The Morgan fingerprint density at radius 3 is 2.54 bits per heavy atom. The number of hydrogen-bond acceptors (Lipinski definition) is 9. The number of carbonyl (C=O) groups excluding carboxylic acids is 2. The molecule has 14 heteroatoms. The number of nitrogens with zero attached hydrogens (tertiary/aromatic N) is 3. The number of rotatable bonds is 11. The molecule has 0 spiro atoms. The minimum atomic E-state index is -4.69. The number of hydrogen-bond donors (Lipinski definition) is 3. The number of ether oxygens (including phenoxy) is 3. The van der Waals surface area contributed by atoms with Crippen LogP contribution in [0.2, 0.25) is 0 Å². The summed E-state index contributed by atoms with van der Waals surface area (Å²) in [7, 11) is 1.26. The third kappa shape index (κ3) is 8.73. The topological polar surface area (TPSA) is 132 Å². The fourth-order valence-corrected chi connectivity index (χ4v) is 6.27. The zero-order valence-corrected chi connectivity index (χ0v) is 29.3. The molecule has 0 radical (unpaired) electrons. The largest absolute Gasteiger partial charge is 0.487 e. The van der Waals surface area contributed by atoms with Gasteiger partial charge in [-0.2, -0.15) is 13.2 Å². The molecule has 0 bridgehead atoms. The van der Waals surface area contributed by atoms with E-state index >= 15 is 0 Å². The predicted octanol–water partition coefficient (Wildman–Crippen LogP) is 7.76. The summed E-state index contributed by atoms with van der Waals surface area (Å²) in [5.41, 5.74) is 0.954. The number of carbonyl (C=O) groups is 2. The van der Waals surface area contributed by atoms with E-state index in [0.717, 1.165) is 30.2 Å². The van der Waals surface area contributed by atoms with Crippen LogP contribution in [0.1, 0.15) is 67.1 Å². The molecule has 2 aromatic carbocycles. The summed E-state index contributed by atoms with van der Waals surface area (Å²) in [5.74, 6) is 0.136. The molecule has 3 heterocycles. The highest BCUT2D eigenvalue weighted by atomic mass is 19.4. The van der Waals surface area contributed by atoms with Gasteiger partial charge < -0.3 is 29.8 Å². The first-order valence-electron chi connectivity index (χ1n) is 17.0. The van der Waals surface area contributed by atoms with Gasteiger partial charge in [0.1, 0.15) is 23.5 Å². The minimum absolute atomic E-state index is 0.0642. The van der Waals surface area contributed by atoms with Gasteiger partial charge in [0.25, 0.3) is 0 Å². The highest BCUT2D eigenvalue weighted by Gasteiger charge is 2.36. The highest BCUT2D eigenvalue weighted by molar-refractivity contribution is 6.00. The van der Waals surface area contributed by atoms with Crippen LogP contribution < -0.4 is 15.4 Å². The number of aromatic nitrogens is 4. The van der Waals surface area contributed by atoms with Crippen molar-refractivity contribution in [2.75, 3.05) is 19.0 Å². The fraction of sp³-hybridized carbons (Fsp3) is 0.368. The number of aromatic amines is 1. The average molecular weight is 719 g/mol. The zero-order chi connectivity index (χ0) is 37.0. The van der Waals surface area contributed by atoms with E-state index in [-0.39, 0.29) is 34.9 Å². The first-order valence-corrected chi connectivity index (χ1v) is 17.0. The summed E-state index contributed by atoms with van der Waals surface area (Å²) in [5, 5.41) is 7.29. The number of fused-ring (bicyclic) bond motifs is 1. The molecule has 5 aromatic rings. The van der Waals surface area contributed by atoms with Crippen LogP contribution in [0.3, 0.4) is 0 Å². The molecule has 11 nitrogen and oxygen atoms in total. The van der Waals surface area contributed by atoms with Crippen LogP contribution >= 0.6 is 0 Å². The molecule has 52 heavy (non-hydrogen) atoms. The Kier molecular flexibility index (Phi) is 10.6. The van der Waals surface area contributed by atoms with Gasteiger partial charge in [0.15, 0.2) is 0 Å². The lowest BCUT2D eigenvalue weighted by molar-refractivity contribution is -0.137. The van der Waals surface area contributed by atoms with Gasteiger partial charge in [-0.1, -0.05) is 36.4 Å². The second-order valence-electron chi connectivity index (χ2n) is 13.8. The summed E-state index contributed by atoms with van der Waals surface area (Å²) in [6, 6.07) is 14.4. The molecular weight excluding hydrogens is 677 g/mol. The Bertz CT molecular complexity index is 2040. The van der Waals surface area contributed by atoms with E-state index in [2.05, 4.69) is 25.6 Å². The van der Waals surface area contributed by atoms with Crippen LogP contribution in [0.5, 0.6) is 5.75 Å². The standard InChI is InChI=1S/C38H41F3N6O5/c1-37(2,3)52-36(49)47-20-25(32(21-47)51-22-23-8-6-5-7-9-23)14-15-42-26-11-12-27(17-26)45-35-44-19-30(38(39,40)41)33(46-35)29-18-43-31-16-24(34(48)50-4)10-13-28(29)31/h5-10,13,16,18-21,26-27,42-43H,11-12,14-15,17,22H2,1-4H3,(H,44,45,46)/t26-,27-/m0/s1. The monoisotopic (exact) mass is 718 g/mol. The van der Waals surface area contributed by atoms with Gasteiger partial charge in [-0.05, 0) is 70.7 Å². The molecule has 0 unspecified atom stereocenters. The quantitative estimate of drug-likeness (QED) is 0.117. The van der Waals surface area contributed by atoms with E-state index < -0.39 is 29.4 Å². The molecule has 1 aliphatic rings. The van der Waals surface area contributed by atoms with E-state index in [4.69, 9.17) is 14.2 Å². The molecule has 2 atom stereocenters. The maximum absolute atomic E-state index is 14.1. The third-order valence-corrected chi connectivity index (χ3v) is 8.75. The number of anilines is 1. The van der Waals surface area contributed by atoms with Crippen molar-refractivity contribution in [1.82, 2.24) is 24.8 Å². The Hall–Kier alpha value is -5.37. The smallest absolute Gasteiger partial charge is 0.419 e. The average Bonchev–Trinajstić information content (AvgIpc) is 3.85. The lowest BCUT2D eigenvalue weighted by Gasteiger charge is -2.19. The van der Waals surface area contributed by atoms with Crippen LogP contribution in [0.25, 0.3) is 22.2 Å². The van der Waals surface area contributed by atoms with Gasteiger partial charge in [0.2, 0.25) is 5.95 Å². The number of H-pyrrole nitrogens is 1. The van der Waals surface area contributed by atoms with Gasteiger partial charge in [-0.25, -0.2) is 19.6 Å². The SMILES string of the molecule is COC(=O)c1ccc2c(-c3nc(N[C@H]4CC[C@H](NCCc5cn(C(=O)OC(C)(C)C)cc5OCc5ccccc5)C4)ncc3C(F)(F)F)c[nH]c2c1. The van der Waals surface area contributed by atoms with Crippen LogP contribution in [-0.4, -0.2) is 62.9 Å². The number of halogens is 3. The summed E-state index contributed by atoms with van der Waals surface area (Å²) in [4.78, 5) is 36.1. The van der Waals surface area contributed by atoms with Gasteiger partial charge in [0, 0.05) is 52.7 Å². The van der Waals surface area contributed by atoms with Crippen molar-refractivity contribution in [3.63, 3.8) is 0 Å². The maximum Gasteiger partial charge on any atom is 0.419 e. The van der Waals surface area contributed by atoms with Crippen molar-refractivity contribution in [3.8, 4) is 17.0 Å². The minimum Gasteiger partial charge on any atom is -0.487 e. The molecule has 3 aromatic heterocycles. The Labute approximate surface area is 298 Å². The Morgan fingerprint density at radius 2 is 1.81 bits per heavy atom. The second kappa shape index (κ2) is 15.1. The van der Waals surface area contributed by atoms with Gasteiger partial charge in [0.05, 0.1) is 24.6 Å². The second-order valence-corrected chi connectivity index (χ2v) is 13.8. The third-order valence-electron chi connectivity index (χ3n) is 8.75. The van der Waals surface area contributed by atoms with Crippen molar-refractivity contribution < 1.29 is 37.0 Å². The summed E-state index contributed by atoms with van der Waals surface area (Å²) >= 11 is 0. The molecule has 0 amide bonds. The number of alkyl halides is 3. The molecule has 274 valence electrons. The zero-order valence-electron chi connectivity index (χ0n) is 29.3. The molecular formula is C38H41F3N6O5. The number of esters is 1. The van der Waals surface area contributed by atoms with E-state index in [9.17, 15) is 22.8 Å². The number of benzene rings is 2. The van der Waals surface area contributed by atoms with Crippen LogP contribution in [0.4, 0.5) is 23.9 Å². The fourth-order valence-electron chi connectivity index (χ4n) is 6.27. The van der Waals surface area contributed by atoms with E-state index in [1.54, 1.807) is 18.5 Å². The van der Waals surface area contributed by atoms with Crippen LogP contribution in [-0.2, 0) is 28.7 Å². The van der Waals surface area contributed by atoms with Crippen LogP contribution in [0, 0.1) is 0 Å². The highest BCUT2D eigenvalue weighted by Crippen LogP contribution is 2.39. The van der Waals surface area contributed by atoms with Crippen molar-refractivity contribution in [1.29, 1.82) is 0 Å². The van der Waals surface area contributed by atoms with E-state index in [1.807, 2.05) is 51.1 Å². The Morgan fingerprint density at radius 1 is 1.04 bits per heavy atom. The van der Waals surface area contributed by atoms with Crippen molar-refractivity contribution in [2.45, 2.75) is 76.9 Å². The lowest BCUT2D eigenvalue weighted by atomic mass is 10.0. The van der Waals surface area contributed by atoms with Crippen molar-refractivity contribution >= 4 is 28.9 Å². The normalized spacial score (nSPS) is 16.2. The summed E-state index contributed by atoms with van der Waals surface area (Å²) < 4.78 is 60.2. The van der Waals surface area contributed by atoms with Crippen LogP contribution in [0.15, 0.2) is 73.3 Å². The van der Waals surface area contributed by atoms with Gasteiger partial charge in [-0.15, -0.1) is 0 Å². The molecule has 0 saturated heterocycles. The lowest BCUT2D eigenvalue weighted by Crippen LogP contribution is -2.30. The Balaban J connectivity index is 1.11. The first-order chi connectivity index (χ1) is 24.8. The van der Waals surface area contributed by atoms with Gasteiger partial charge >= 0.3 is 18.2 Å². The van der Waals surface area contributed by atoms with Crippen molar-refractivity contribution in [3.05, 3.63) is 95.6 Å². The molecule has 1 saturated carbocycles. The summed E-state index contributed by atoms with van der Waals surface area (Å²) in [6.45, 7) is 6.39. The van der Waals surface area contributed by atoms with E-state index in [1.165, 1.54) is 30.0 Å². The number of methoxy groups -OCH3 is 1. The summed E-state index contributed by atoms with van der Waals surface area (Å²) in [6.07, 6.45) is 3.36. The van der Waals surface area contributed by atoms with E-state index in [0.29, 0.717) is 42.6 Å². The molecule has 1 aliphatic carbocycles.